The van der Waals surface area contributed by atoms with E-state index in [1.807, 2.05) is 0 Å². The molecule has 0 spiro atoms. The topological polar surface area (TPSA) is 12.5 Å². The maximum absolute atomic E-state index is 5.84. The highest BCUT2D eigenvalue weighted by Crippen LogP contribution is 2.22. The van der Waals surface area contributed by atoms with Crippen LogP contribution in [0.3, 0.4) is 0 Å². The lowest BCUT2D eigenvalue weighted by atomic mass is 10.0. The van der Waals surface area contributed by atoms with Crippen molar-refractivity contribution in [2.75, 3.05) is 26.2 Å². The van der Waals surface area contributed by atoms with E-state index in [9.17, 15) is 0 Å². The minimum Gasteiger partial charge on any atom is -0.492 e. The molecule has 21 heavy (non-hydrogen) atoms. The van der Waals surface area contributed by atoms with E-state index in [0.717, 1.165) is 18.9 Å². The van der Waals surface area contributed by atoms with E-state index in [2.05, 4.69) is 60.4 Å². The van der Waals surface area contributed by atoms with Crippen LogP contribution in [0, 0.1) is 6.92 Å². The number of aryl methyl sites for hydroxylation is 1. The lowest BCUT2D eigenvalue weighted by molar-refractivity contribution is 0.238. The lowest BCUT2D eigenvalue weighted by Gasteiger charge is -2.15. The first-order chi connectivity index (χ1) is 10.3. The highest BCUT2D eigenvalue weighted by atomic mass is 16.5. The predicted octanol–water partition coefficient (Wildman–Crippen LogP) is 4.14. The zero-order valence-corrected chi connectivity index (χ0v) is 12.7. The molecule has 2 nitrogen and oxygen atoms in total. The standard InChI is InChI=1S/C19H23NO/c1-16-4-6-17(7-5-16)18-8-10-19(11-9-18)21-15-14-20-12-2-3-13-20/h4-11H,2-3,12-15H2,1H3. The van der Waals surface area contributed by atoms with Gasteiger partial charge in [-0.15, -0.1) is 0 Å². The first kappa shape index (κ1) is 14.2. The first-order valence-corrected chi connectivity index (χ1v) is 7.83. The fourth-order valence-corrected chi connectivity index (χ4v) is 2.79. The quantitative estimate of drug-likeness (QED) is 0.817. The molecule has 0 bridgehead atoms. The number of ether oxygens (including phenoxy) is 1. The summed E-state index contributed by atoms with van der Waals surface area (Å²) in [6.07, 6.45) is 2.68. The molecule has 3 rings (SSSR count). The number of nitrogens with zero attached hydrogens (tertiary/aromatic N) is 1. The van der Waals surface area contributed by atoms with Crippen molar-refractivity contribution in [3.05, 3.63) is 54.1 Å². The molecule has 0 aliphatic carbocycles. The van der Waals surface area contributed by atoms with Crippen LogP contribution in [-0.2, 0) is 0 Å². The Kier molecular flexibility index (Phi) is 4.56. The van der Waals surface area contributed by atoms with E-state index in [4.69, 9.17) is 4.74 Å². The van der Waals surface area contributed by atoms with Crippen LogP contribution in [0.25, 0.3) is 11.1 Å². The van der Waals surface area contributed by atoms with Crippen LogP contribution in [0.4, 0.5) is 0 Å². The number of benzene rings is 2. The van der Waals surface area contributed by atoms with E-state index >= 15 is 0 Å². The van der Waals surface area contributed by atoms with Crippen molar-refractivity contribution < 1.29 is 4.74 Å². The summed E-state index contributed by atoms with van der Waals surface area (Å²) in [5.41, 5.74) is 3.78. The molecular weight excluding hydrogens is 258 g/mol. The van der Waals surface area contributed by atoms with Crippen LogP contribution in [0.1, 0.15) is 18.4 Å². The Hall–Kier alpha value is -1.80. The van der Waals surface area contributed by atoms with Gasteiger partial charge in [0.2, 0.25) is 0 Å². The largest absolute Gasteiger partial charge is 0.492 e. The predicted molar refractivity (Wildman–Crippen MR) is 87.8 cm³/mol. The van der Waals surface area contributed by atoms with Crippen LogP contribution in [0.5, 0.6) is 5.75 Å². The van der Waals surface area contributed by atoms with Crippen LogP contribution in [0.15, 0.2) is 48.5 Å². The summed E-state index contributed by atoms with van der Waals surface area (Å²) in [7, 11) is 0. The molecule has 1 aliphatic heterocycles. The molecule has 0 unspecified atom stereocenters. The molecule has 110 valence electrons. The lowest BCUT2D eigenvalue weighted by Crippen LogP contribution is -2.25. The van der Waals surface area contributed by atoms with Gasteiger partial charge in [0.1, 0.15) is 12.4 Å². The smallest absolute Gasteiger partial charge is 0.119 e. The van der Waals surface area contributed by atoms with E-state index in [0.29, 0.717) is 0 Å². The van der Waals surface area contributed by atoms with Gasteiger partial charge in [-0.2, -0.15) is 0 Å². The van der Waals surface area contributed by atoms with Crippen molar-refractivity contribution >= 4 is 0 Å². The normalized spacial score (nSPS) is 15.3. The third-order valence-electron chi connectivity index (χ3n) is 4.11. The van der Waals surface area contributed by atoms with Crippen LogP contribution in [0.2, 0.25) is 0 Å². The number of hydrogen-bond acceptors (Lipinski definition) is 2. The molecule has 1 aliphatic rings. The Labute approximate surface area is 127 Å². The second kappa shape index (κ2) is 6.77. The van der Waals surface area contributed by atoms with Gasteiger partial charge in [0.25, 0.3) is 0 Å². The van der Waals surface area contributed by atoms with Gasteiger partial charge in [-0.3, -0.25) is 4.90 Å². The second-order valence-electron chi connectivity index (χ2n) is 5.79. The van der Waals surface area contributed by atoms with Gasteiger partial charge in [0.15, 0.2) is 0 Å². The van der Waals surface area contributed by atoms with E-state index < -0.39 is 0 Å². The molecule has 0 N–H and O–H groups in total. The van der Waals surface area contributed by atoms with Crippen LogP contribution < -0.4 is 4.74 Å². The summed E-state index contributed by atoms with van der Waals surface area (Å²) >= 11 is 0. The van der Waals surface area contributed by atoms with Crippen molar-refractivity contribution in [2.45, 2.75) is 19.8 Å². The molecule has 0 atom stereocenters. The molecule has 0 amide bonds. The minimum atomic E-state index is 0.782. The highest BCUT2D eigenvalue weighted by Gasteiger charge is 2.10. The molecule has 2 heteroatoms. The summed E-state index contributed by atoms with van der Waals surface area (Å²) in [4.78, 5) is 2.47. The molecule has 0 aromatic heterocycles. The Balaban J connectivity index is 1.55. The summed E-state index contributed by atoms with van der Waals surface area (Å²) in [6, 6.07) is 17.0. The molecule has 2 aromatic carbocycles. The molecule has 0 radical (unpaired) electrons. The van der Waals surface area contributed by atoms with Gasteiger partial charge in [-0.05, 0) is 56.1 Å². The van der Waals surface area contributed by atoms with Crippen molar-refractivity contribution in [3.8, 4) is 16.9 Å². The molecule has 2 aromatic rings. The summed E-state index contributed by atoms with van der Waals surface area (Å²) in [5.74, 6) is 0.963. The third kappa shape index (κ3) is 3.85. The fraction of sp³-hybridized carbons (Fsp3) is 0.368. The Bertz CT molecular complexity index is 553. The zero-order chi connectivity index (χ0) is 14.5. The number of likely N-dealkylation sites (tertiary alicyclic amines) is 1. The van der Waals surface area contributed by atoms with Gasteiger partial charge < -0.3 is 4.74 Å². The second-order valence-corrected chi connectivity index (χ2v) is 5.79. The van der Waals surface area contributed by atoms with Gasteiger partial charge in [0, 0.05) is 6.54 Å². The SMILES string of the molecule is Cc1ccc(-c2ccc(OCCN3CCCC3)cc2)cc1. The number of hydrogen-bond donors (Lipinski definition) is 0. The summed E-state index contributed by atoms with van der Waals surface area (Å²) in [5, 5.41) is 0. The average molecular weight is 281 g/mol. The number of rotatable bonds is 5. The van der Waals surface area contributed by atoms with E-state index in [1.54, 1.807) is 0 Å². The van der Waals surface area contributed by atoms with Gasteiger partial charge in [-0.1, -0.05) is 42.0 Å². The van der Waals surface area contributed by atoms with Crippen LogP contribution >= 0.6 is 0 Å². The average Bonchev–Trinajstić information content (AvgIpc) is 3.02. The van der Waals surface area contributed by atoms with Crippen molar-refractivity contribution in [1.82, 2.24) is 4.90 Å². The molecular formula is C19H23NO. The Morgan fingerprint density at radius 2 is 1.43 bits per heavy atom. The van der Waals surface area contributed by atoms with Gasteiger partial charge in [-0.25, -0.2) is 0 Å². The van der Waals surface area contributed by atoms with Crippen molar-refractivity contribution in [3.63, 3.8) is 0 Å². The first-order valence-electron chi connectivity index (χ1n) is 7.83. The van der Waals surface area contributed by atoms with Crippen LogP contribution in [-0.4, -0.2) is 31.1 Å². The molecule has 1 heterocycles. The molecule has 1 fully saturated rings. The molecule has 0 saturated carbocycles. The van der Waals surface area contributed by atoms with Crippen molar-refractivity contribution in [1.29, 1.82) is 0 Å². The van der Waals surface area contributed by atoms with Crippen molar-refractivity contribution in [2.24, 2.45) is 0 Å². The van der Waals surface area contributed by atoms with E-state index in [1.165, 1.54) is 42.6 Å². The zero-order valence-electron chi connectivity index (χ0n) is 12.7. The van der Waals surface area contributed by atoms with Gasteiger partial charge >= 0.3 is 0 Å². The summed E-state index contributed by atoms with van der Waals surface area (Å²) in [6.45, 7) is 6.40. The highest BCUT2D eigenvalue weighted by molar-refractivity contribution is 5.64. The maximum atomic E-state index is 5.84. The minimum absolute atomic E-state index is 0.782. The Morgan fingerprint density at radius 1 is 0.857 bits per heavy atom. The third-order valence-corrected chi connectivity index (χ3v) is 4.11. The fourth-order valence-electron chi connectivity index (χ4n) is 2.79. The van der Waals surface area contributed by atoms with E-state index in [-0.39, 0.29) is 0 Å². The van der Waals surface area contributed by atoms with Gasteiger partial charge in [0.05, 0.1) is 0 Å². The monoisotopic (exact) mass is 281 g/mol. The Morgan fingerprint density at radius 3 is 2.05 bits per heavy atom. The molecule has 1 saturated heterocycles. The maximum Gasteiger partial charge on any atom is 0.119 e. The summed E-state index contributed by atoms with van der Waals surface area (Å²) < 4.78 is 5.84.